The second-order valence-corrected chi connectivity index (χ2v) is 8.08. The molecule has 2 heterocycles. The Kier molecular flexibility index (Phi) is 3.81. The predicted octanol–water partition coefficient (Wildman–Crippen LogP) is 3.16. The lowest BCUT2D eigenvalue weighted by Gasteiger charge is -2.24. The van der Waals surface area contributed by atoms with Crippen LogP contribution in [0.4, 0.5) is 5.69 Å². The summed E-state index contributed by atoms with van der Waals surface area (Å²) >= 11 is 0. The molecule has 0 aromatic heterocycles. The van der Waals surface area contributed by atoms with Gasteiger partial charge in [-0.05, 0) is 42.9 Å². The summed E-state index contributed by atoms with van der Waals surface area (Å²) in [4.78, 5) is 30.0. The highest BCUT2D eigenvalue weighted by molar-refractivity contribution is 6.09. The summed E-state index contributed by atoms with van der Waals surface area (Å²) in [6, 6.07) is 18.5. The average molecular weight is 360 g/mol. The summed E-state index contributed by atoms with van der Waals surface area (Å²) in [6.07, 6.45) is 3.59. The van der Waals surface area contributed by atoms with Gasteiger partial charge in [0.2, 0.25) is 11.8 Å². The third-order valence-electron chi connectivity index (χ3n) is 6.34. The molecule has 1 unspecified atom stereocenters. The summed E-state index contributed by atoms with van der Waals surface area (Å²) < 4.78 is 0. The van der Waals surface area contributed by atoms with E-state index in [0.717, 1.165) is 36.9 Å². The maximum atomic E-state index is 13.5. The van der Waals surface area contributed by atoms with Crippen molar-refractivity contribution >= 4 is 17.5 Å². The van der Waals surface area contributed by atoms with E-state index in [1.807, 2.05) is 40.1 Å². The van der Waals surface area contributed by atoms with Gasteiger partial charge < -0.3 is 9.80 Å². The van der Waals surface area contributed by atoms with E-state index in [0.29, 0.717) is 19.6 Å². The Morgan fingerprint density at radius 1 is 1.04 bits per heavy atom. The predicted molar refractivity (Wildman–Crippen MR) is 105 cm³/mol. The third-order valence-corrected chi connectivity index (χ3v) is 6.34. The monoisotopic (exact) mass is 360 g/mol. The molecule has 138 valence electrons. The molecule has 1 saturated heterocycles. The van der Waals surface area contributed by atoms with E-state index in [-0.39, 0.29) is 17.7 Å². The third kappa shape index (κ3) is 2.66. The fraction of sp³-hybridized carbons (Fsp3) is 0.391. The van der Waals surface area contributed by atoms with Crippen molar-refractivity contribution in [2.24, 2.45) is 5.92 Å². The number of fused-ring (bicyclic) bond motifs is 2. The molecular formula is C23H24N2O2. The second kappa shape index (κ2) is 6.22. The van der Waals surface area contributed by atoms with Gasteiger partial charge >= 0.3 is 0 Å². The van der Waals surface area contributed by atoms with E-state index in [4.69, 9.17) is 0 Å². The van der Waals surface area contributed by atoms with Crippen LogP contribution in [0.15, 0.2) is 54.6 Å². The van der Waals surface area contributed by atoms with Gasteiger partial charge in [0.15, 0.2) is 0 Å². The molecule has 2 aliphatic heterocycles. The van der Waals surface area contributed by atoms with Gasteiger partial charge in [-0.3, -0.25) is 9.59 Å². The topological polar surface area (TPSA) is 40.6 Å². The standard InChI is InChI=1S/C23H24N2O2/c26-21(18-10-11-18)24-15-13-23(16-24)19-8-4-5-9-20(19)25(22(23)27)14-12-17-6-2-1-3-7-17/h1-9,18H,10-16H2. The highest BCUT2D eigenvalue weighted by atomic mass is 16.2. The number of para-hydroxylation sites is 1. The van der Waals surface area contributed by atoms with Crippen LogP contribution in [0.25, 0.3) is 0 Å². The van der Waals surface area contributed by atoms with E-state index in [2.05, 4.69) is 24.3 Å². The number of hydrogen-bond acceptors (Lipinski definition) is 2. The van der Waals surface area contributed by atoms with E-state index in [9.17, 15) is 9.59 Å². The van der Waals surface area contributed by atoms with Gasteiger partial charge in [-0.25, -0.2) is 0 Å². The van der Waals surface area contributed by atoms with E-state index in [1.165, 1.54) is 5.56 Å². The lowest BCUT2D eigenvalue weighted by molar-refractivity contribution is -0.132. The maximum Gasteiger partial charge on any atom is 0.239 e. The number of anilines is 1. The van der Waals surface area contributed by atoms with Crippen molar-refractivity contribution in [2.45, 2.75) is 31.1 Å². The van der Waals surface area contributed by atoms with Crippen LogP contribution < -0.4 is 4.90 Å². The van der Waals surface area contributed by atoms with Crippen molar-refractivity contribution in [1.82, 2.24) is 4.90 Å². The fourth-order valence-electron chi connectivity index (χ4n) is 4.68. The minimum Gasteiger partial charge on any atom is -0.341 e. The summed E-state index contributed by atoms with van der Waals surface area (Å²) in [5.74, 6) is 0.631. The van der Waals surface area contributed by atoms with Crippen LogP contribution >= 0.6 is 0 Å². The van der Waals surface area contributed by atoms with Crippen LogP contribution in [0, 0.1) is 5.92 Å². The van der Waals surface area contributed by atoms with Gasteiger partial charge in [0, 0.05) is 31.2 Å². The van der Waals surface area contributed by atoms with Crippen LogP contribution in [0.2, 0.25) is 0 Å². The molecule has 0 radical (unpaired) electrons. The number of hydrogen-bond donors (Lipinski definition) is 0. The number of nitrogens with zero attached hydrogens (tertiary/aromatic N) is 2. The Hall–Kier alpha value is -2.62. The minimum absolute atomic E-state index is 0.172. The zero-order valence-electron chi connectivity index (χ0n) is 15.4. The van der Waals surface area contributed by atoms with Crippen molar-refractivity contribution in [3.05, 3.63) is 65.7 Å². The Morgan fingerprint density at radius 2 is 1.78 bits per heavy atom. The first-order chi connectivity index (χ1) is 13.2. The maximum absolute atomic E-state index is 13.5. The molecule has 0 N–H and O–H groups in total. The molecule has 4 nitrogen and oxygen atoms in total. The molecule has 5 rings (SSSR count). The van der Waals surface area contributed by atoms with Crippen molar-refractivity contribution in [2.75, 3.05) is 24.5 Å². The quantitative estimate of drug-likeness (QED) is 0.840. The molecular weight excluding hydrogens is 336 g/mol. The average Bonchev–Trinajstić information content (AvgIpc) is 3.42. The summed E-state index contributed by atoms with van der Waals surface area (Å²) in [5, 5.41) is 0. The van der Waals surface area contributed by atoms with Crippen molar-refractivity contribution in [3.63, 3.8) is 0 Å². The van der Waals surface area contributed by atoms with Gasteiger partial charge in [0.1, 0.15) is 0 Å². The Balaban J connectivity index is 1.42. The first-order valence-electron chi connectivity index (χ1n) is 9.93. The van der Waals surface area contributed by atoms with Gasteiger partial charge in [0.05, 0.1) is 5.41 Å². The summed E-state index contributed by atoms with van der Waals surface area (Å²) in [5.41, 5.74) is 2.83. The minimum atomic E-state index is -0.544. The molecule has 2 fully saturated rings. The molecule has 1 saturated carbocycles. The highest BCUT2D eigenvalue weighted by Gasteiger charge is 2.55. The lowest BCUT2D eigenvalue weighted by atomic mass is 9.81. The van der Waals surface area contributed by atoms with Crippen molar-refractivity contribution < 1.29 is 9.59 Å². The molecule has 2 aromatic rings. The summed E-state index contributed by atoms with van der Waals surface area (Å²) in [6.45, 7) is 1.92. The SMILES string of the molecule is O=C(C1CC1)N1CCC2(C1)C(=O)N(CCc1ccccc1)c1ccccc12. The van der Waals surface area contributed by atoms with Crippen LogP contribution in [0.3, 0.4) is 0 Å². The second-order valence-electron chi connectivity index (χ2n) is 8.08. The van der Waals surface area contributed by atoms with Crippen LogP contribution in [0.1, 0.15) is 30.4 Å². The Morgan fingerprint density at radius 3 is 2.56 bits per heavy atom. The van der Waals surface area contributed by atoms with Gasteiger partial charge in [-0.2, -0.15) is 0 Å². The van der Waals surface area contributed by atoms with E-state index in [1.54, 1.807) is 0 Å². The first-order valence-corrected chi connectivity index (χ1v) is 9.93. The van der Waals surface area contributed by atoms with E-state index >= 15 is 0 Å². The van der Waals surface area contributed by atoms with Gasteiger partial charge in [-0.15, -0.1) is 0 Å². The smallest absolute Gasteiger partial charge is 0.239 e. The number of benzene rings is 2. The number of carbonyl (C=O) groups is 2. The molecule has 1 spiro atoms. The molecule has 1 aliphatic carbocycles. The first kappa shape index (κ1) is 16.5. The molecule has 4 heteroatoms. The molecule has 2 amide bonds. The zero-order chi connectivity index (χ0) is 18.4. The normalized spacial score (nSPS) is 23.9. The van der Waals surface area contributed by atoms with Crippen molar-refractivity contribution in [3.8, 4) is 0 Å². The van der Waals surface area contributed by atoms with Gasteiger partial charge in [-0.1, -0.05) is 48.5 Å². The molecule has 1 atom stereocenters. The van der Waals surface area contributed by atoms with Crippen molar-refractivity contribution in [1.29, 1.82) is 0 Å². The highest BCUT2D eigenvalue weighted by Crippen LogP contribution is 2.48. The Bertz CT molecular complexity index is 890. The van der Waals surface area contributed by atoms with Crippen LogP contribution in [-0.4, -0.2) is 36.3 Å². The lowest BCUT2D eigenvalue weighted by Crippen LogP contribution is -2.44. The van der Waals surface area contributed by atoms with Gasteiger partial charge in [0.25, 0.3) is 0 Å². The van der Waals surface area contributed by atoms with E-state index < -0.39 is 5.41 Å². The largest absolute Gasteiger partial charge is 0.341 e. The molecule has 2 aromatic carbocycles. The number of amides is 2. The fourth-order valence-corrected chi connectivity index (χ4v) is 4.68. The van der Waals surface area contributed by atoms with Crippen LogP contribution in [-0.2, 0) is 21.4 Å². The number of likely N-dealkylation sites (tertiary alicyclic amines) is 1. The van der Waals surface area contributed by atoms with Crippen LogP contribution in [0.5, 0.6) is 0 Å². The Labute approximate surface area is 159 Å². The number of rotatable bonds is 4. The molecule has 0 bridgehead atoms. The molecule has 27 heavy (non-hydrogen) atoms. The zero-order valence-corrected chi connectivity index (χ0v) is 15.4. The summed E-state index contributed by atoms with van der Waals surface area (Å²) in [7, 11) is 0. The number of carbonyl (C=O) groups excluding carboxylic acids is 2. The molecule has 3 aliphatic rings.